The highest BCUT2D eigenvalue weighted by molar-refractivity contribution is 5.91. The quantitative estimate of drug-likeness (QED) is 0.808. The van der Waals surface area contributed by atoms with E-state index in [0.29, 0.717) is 19.0 Å². The first-order chi connectivity index (χ1) is 12.6. The first-order valence-electron chi connectivity index (χ1n) is 9.37. The second-order valence-electron chi connectivity index (χ2n) is 7.39. The lowest BCUT2D eigenvalue weighted by molar-refractivity contribution is -0.149. The fraction of sp³-hybridized carbons (Fsp3) is 0.722. The number of amides is 2. The van der Waals surface area contributed by atoms with Crippen LogP contribution >= 0.6 is 0 Å². The van der Waals surface area contributed by atoms with Crippen molar-refractivity contribution in [2.45, 2.75) is 50.2 Å². The van der Waals surface area contributed by atoms with Gasteiger partial charge >= 0.3 is 0 Å². The number of nitrogens with zero attached hydrogens (tertiary/aromatic N) is 3. The van der Waals surface area contributed by atoms with Crippen LogP contribution in [0.15, 0.2) is 10.6 Å². The highest BCUT2D eigenvalue weighted by Gasteiger charge is 2.46. The van der Waals surface area contributed by atoms with E-state index in [4.69, 9.17) is 14.0 Å². The Labute approximate surface area is 152 Å². The summed E-state index contributed by atoms with van der Waals surface area (Å²) in [5, 5.41) is 3.68. The van der Waals surface area contributed by atoms with Crippen LogP contribution in [0.4, 0.5) is 0 Å². The summed E-state index contributed by atoms with van der Waals surface area (Å²) in [6.45, 7) is 2.89. The van der Waals surface area contributed by atoms with E-state index < -0.39 is 0 Å². The van der Waals surface area contributed by atoms with Gasteiger partial charge in [0.2, 0.25) is 5.76 Å². The third-order valence-corrected chi connectivity index (χ3v) is 5.82. The molecule has 1 atom stereocenters. The molecule has 0 aliphatic carbocycles. The lowest BCUT2D eigenvalue weighted by Crippen LogP contribution is -2.47. The standard InChI is InChI=1S/C18H25N3O5/c1-24-15-12-14(26-19-15)17(23)21-10-6-18(7-11-21)5-4-13(25-18)16(22)20-8-2-3-9-20/h12-13H,2-11H2,1H3. The second kappa shape index (κ2) is 6.90. The summed E-state index contributed by atoms with van der Waals surface area (Å²) in [6.07, 6.45) is 5.02. The van der Waals surface area contributed by atoms with E-state index >= 15 is 0 Å². The third kappa shape index (κ3) is 3.18. The minimum atomic E-state index is -0.311. The summed E-state index contributed by atoms with van der Waals surface area (Å²) in [4.78, 5) is 28.8. The zero-order chi connectivity index (χ0) is 18.1. The Hall–Kier alpha value is -2.09. The fourth-order valence-electron chi connectivity index (χ4n) is 4.23. The molecule has 142 valence electrons. The van der Waals surface area contributed by atoms with Crippen LogP contribution in [0.25, 0.3) is 0 Å². The van der Waals surface area contributed by atoms with Crippen LogP contribution in [-0.4, -0.2) is 71.8 Å². The summed E-state index contributed by atoms with van der Waals surface area (Å²) in [7, 11) is 1.48. The molecule has 8 heteroatoms. The first kappa shape index (κ1) is 17.3. The maximum Gasteiger partial charge on any atom is 0.292 e. The van der Waals surface area contributed by atoms with Gasteiger partial charge in [0.05, 0.1) is 18.8 Å². The van der Waals surface area contributed by atoms with Gasteiger partial charge in [0.25, 0.3) is 17.7 Å². The van der Waals surface area contributed by atoms with Crippen LogP contribution in [0.5, 0.6) is 5.88 Å². The highest BCUT2D eigenvalue weighted by atomic mass is 16.5. The SMILES string of the molecule is COc1cc(C(=O)N2CCC3(CCC(C(=O)N4CCCC4)O3)CC2)on1. The largest absolute Gasteiger partial charge is 0.479 e. The van der Waals surface area contributed by atoms with Gasteiger partial charge < -0.3 is 23.8 Å². The van der Waals surface area contributed by atoms with Crippen LogP contribution in [0.3, 0.4) is 0 Å². The molecule has 4 rings (SSSR count). The van der Waals surface area contributed by atoms with E-state index in [-0.39, 0.29) is 29.3 Å². The lowest BCUT2D eigenvalue weighted by Gasteiger charge is -2.38. The van der Waals surface area contributed by atoms with E-state index in [1.54, 1.807) is 4.90 Å². The van der Waals surface area contributed by atoms with Crippen molar-refractivity contribution in [1.82, 2.24) is 15.0 Å². The second-order valence-corrected chi connectivity index (χ2v) is 7.39. The molecule has 0 aromatic carbocycles. The van der Waals surface area contributed by atoms with Crippen molar-refractivity contribution in [3.05, 3.63) is 11.8 Å². The highest BCUT2D eigenvalue weighted by Crippen LogP contribution is 2.40. The Kier molecular flexibility index (Phi) is 4.60. The van der Waals surface area contributed by atoms with Crippen molar-refractivity contribution in [1.29, 1.82) is 0 Å². The molecule has 1 aromatic rings. The number of aromatic nitrogens is 1. The van der Waals surface area contributed by atoms with E-state index in [1.165, 1.54) is 13.2 Å². The van der Waals surface area contributed by atoms with Crippen LogP contribution in [0.1, 0.15) is 49.1 Å². The molecule has 3 aliphatic rings. The summed E-state index contributed by atoms with van der Waals surface area (Å²) >= 11 is 0. The van der Waals surface area contributed by atoms with Gasteiger partial charge in [-0.2, -0.15) is 0 Å². The number of likely N-dealkylation sites (tertiary alicyclic amines) is 2. The van der Waals surface area contributed by atoms with Crippen LogP contribution in [0, 0.1) is 0 Å². The minimum absolute atomic E-state index is 0.145. The van der Waals surface area contributed by atoms with Gasteiger partial charge in [0, 0.05) is 26.2 Å². The number of carbonyl (C=O) groups is 2. The molecule has 26 heavy (non-hydrogen) atoms. The van der Waals surface area contributed by atoms with Crippen LogP contribution in [0.2, 0.25) is 0 Å². The summed E-state index contributed by atoms with van der Waals surface area (Å²) in [5.74, 6) is 0.446. The molecular formula is C18H25N3O5. The molecule has 1 unspecified atom stereocenters. The van der Waals surface area contributed by atoms with Crippen molar-refractivity contribution in [2.75, 3.05) is 33.3 Å². The molecule has 8 nitrogen and oxygen atoms in total. The average molecular weight is 363 g/mol. The summed E-state index contributed by atoms with van der Waals surface area (Å²) < 4.78 is 16.2. The number of methoxy groups -OCH3 is 1. The molecule has 1 aromatic heterocycles. The number of carbonyl (C=O) groups excluding carboxylic acids is 2. The Balaban J connectivity index is 1.33. The predicted molar refractivity (Wildman–Crippen MR) is 90.8 cm³/mol. The molecule has 0 bridgehead atoms. The normalized spacial score (nSPS) is 25.0. The molecule has 0 saturated carbocycles. The molecule has 3 fully saturated rings. The predicted octanol–water partition coefficient (Wildman–Crippen LogP) is 1.46. The molecule has 2 amide bonds. The van der Waals surface area contributed by atoms with Gasteiger partial charge in [-0.05, 0) is 43.7 Å². The van der Waals surface area contributed by atoms with Gasteiger partial charge in [-0.25, -0.2) is 0 Å². The van der Waals surface area contributed by atoms with E-state index in [2.05, 4.69) is 5.16 Å². The monoisotopic (exact) mass is 363 g/mol. The fourth-order valence-corrected chi connectivity index (χ4v) is 4.23. The zero-order valence-corrected chi connectivity index (χ0v) is 15.1. The molecule has 3 saturated heterocycles. The zero-order valence-electron chi connectivity index (χ0n) is 15.1. The number of hydrogen-bond acceptors (Lipinski definition) is 6. The van der Waals surface area contributed by atoms with Crippen molar-refractivity contribution < 1.29 is 23.6 Å². The maximum absolute atomic E-state index is 12.6. The topological polar surface area (TPSA) is 85.1 Å². The molecule has 0 N–H and O–H groups in total. The van der Waals surface area contributed by atoms with Crippen LogP contribution < -0.4 is 4.74 Å². The Morgan fingerprint density at radius 1 is 1.15 bits per heavy atom. The Morgan fingerprint density at radius 2 is 1.88 bits per heavy atom. The molecule has 3 aliphatic heterocycles. The molecular weight excluding hydrogens is 338 g/mol. The van der Waals surface area contributed by atoms with Gasteiger partial charge in [-0.15, -0.1) is 0 Å². The van der Waals surface area contributed by atoms with Gasteiger partial charge in [-0.1, -0.05) is 0 Å². The van der Waals surface area contributed by atoms with Crippen molar-refractivity contribution in [3.63, 3.8) is 0 Å². The number of piperidine rings is 1. The average Bonchev–Trinajstić information content (AvgIpc) is 3.42. The first-order valence-corrected chi connectivity index (χ1v) is 9.37. The number of hydrogen-bond donors (Lipinski definition) is 0. The number of ether oxygens (including phenoxy) is 2. The number of rotatable bonds is 3. The van der Waals surface area contributed by atoms with Crippen molar-refractivity contribution in [3.8, 4) is 5.88 Å². The Bertz CT molecular complexity index is 674. The van der Waals surface area contributed by atoms with Gasteiger partial charge in [0.15, 0.2) is 0 Å². The smallest absolute Gasteiger partial charge is 0.292 e. The molecule has 4 heterocycles. The lowest BCUT2D eigenvalue weighted by atomic mass is 9.88. The van der Waals surface area contributed by atoms with Crippen molar-refractivity contribution >= 4 is 11.8 Å². The minimum Gasteiger partial charge on any atom is -0.479 e. The van der Waals surface area contributed by atoms with Crippen molar-refractivity contribution in [2.24, 2.45) is 0 Å². The summed E-state index contributed by atoms with van der Waals surface area (Å²) in [5.41, 5.74) is -0.268. The Morgan fingerprint density at radius 3 is 2.54 bits per heavy atom. The van der Waals surface area contributed by atoms with Gasteiger partial charge in [-0.3, -0.25) is 9.59 Å². The van der Waals surface area contributed by atoms with Crippen LogP contribution in [-0.2, 0) is 9.53 Å². The third-order valence-electron chi connectivity index (χ3n) is 5.82. The summed E-state index contributed by atoms with van der Waals surface area (Å²) in [6, 6.07) is 1.50. The molecule has 0 radical (unpaired) electrons. The molecule has 1 spiro atoms. The van der Waals surface area contributed by atoms with E-state index in [1.807, 2.05) is 4.90 Å². The maximum atomic E-state index is 12.6. The van der Waals surface area contributed by atoms with E-state index in [0.717, 1.165) is 51.6 Å². The van der Waals surface area contributed by atoms with E-state index in [9.17, 15) is 9.59 Å². The van der Waals surface area contributed by atoms with Gasteiger partial charge in [0.1, 0.15) is 6.10 Å².